The molecule has 7 rings (SSSR count). The zero-order chi connectivity index (χ0) is 30.0. The number of methoxy groups -OCH3 is 1. The molecule has 10 nitrogen and oxygen atoms in total. The molecule has 2 fully saturated rings. The quantitative estimate of drug-likeness (QED) is 0.279. The second-order valence-electron chi connectivity index (χ2n) is 11.4. The van der Waals surface area contributed by atoms with E-state index in [-0.39, 0.29) is 11.3 Å². The van der Waals surface area contributed by atoms with Crippen LogP contribution in [-0.4, -0.2) is 95.0 Å². The number of nitrogens with zero attached hydrogens (tertiary/aromatic N) is 3. The van der Waals surface area contributed by atoms with Crippen LogP contribution in [0.2, 0.25) is 0 Å². The first-order chi connectivity index (χ1) is 21.6. The number of morpholine rings is 1. The van der Waals surface area contributed by atoms with Crippen LogP contribution in [0.4, 0.5) is 11.6 Å². The van der Waals surface area contributed by atoms with E-state index in [1.807, 2.05) is 53.4 Å². The van der Waals surface area contributed by atoms with Crippen molar-refractivity contribution in [2.45, 2.75) is 0 Å². The zero-order valence-corrected chi connectivity index (χ0v) is 24.8. The van der Waals surface area contributed by atoms with E-state index in [1.165, 1.54) is 0 Å². The van der Waals surface area contributed by atoms with Gasteiger partial charge in [-0.15, -0.1) is 0 Å². The Morgan fingerprint density at radius 3 is 2.41 bits per heavy atom. The van der Waals surface area contributed by atoms with Crippen LogP contribution in [0.3, 0.4) is 0 Å². The van der Waals surface area contributed by atoms with Crippen molar-refractivity contribution in [3.63, 3.8) is 0 Å². The SMILES string of the molecule is COCCN1CCN(CC(=O)Nc2ccc(-c3cccc4c(=O)cc(N5CCOCC5)oc34)c3oc4ccccc4c23)CC1. The van der Waals surface area contributed by atoms with Crippen LogP contribution < -0.4 is 15.6 Å². The Morgan fingerprint density at radius 1 is 0.841 bits per heavy atom. The van der Waals surface area contributed by atoms with Gasteiger partial charge in [0.15, 0.2) is 11.3 Å². The molecule has 10 heteroatoms. The van der Waals surface area contributed by atoms with Crippen molar-refractivity contribution < 1.29 is 23.1 Å². The number of ether oxygens (including phenoxy) is 2. The number of furan rings is 1. The summed E-state index contributed by atoms with van der Waals surface area (Å²) in [5.41, 5.74) is 3.98. The summed E-state index contributed by atoms with van der Waals surface area (Å²) in [5.74, 6) is 0.462. The van der Waals surface area contributed by atoms with E-state index in [2.05, 4.69) is 15.1 Å². The first kappa shape index (κ1) is 28.5. The van der Waals surface area contributed by atoms with E-state index in [1.54, 1.807) is 19.2 Å². The monoisotopic (exact) mass is 596 g/mol. The average molecular weight is 597 g/mol. The molecule has 0 bridgehead atoms. The highest BCUT2D eigenvalue weighted by atomic mass is 16.5. The molecule has 2 aliphatic heterocycles. The standard InChI is InChI=1S/C34H36N4O6/c1-41-18-15-36-11-13-37(14-12-36)22-30(40)35-27-10-9-24(34-32(27)26-5-2-3-8-29(26)43-34)23-6-4-7-25-28(39)21-31(44-33(23)25)38-16-19-42-20-17-38/h2-10,21H,11-20,22H2,1H3,(H,35,40). The molecular weight excluding hydrogens is 560 g/mol. The smallest absolute Gasteiger partial charge is 0.238 e. The molecule has 5 aromatic rings. The minimum Gasteiger partial charge on any atom is -0.455 e. The zero-order valence-electron chi connectivity index (χ0n) is 24.8. The van der Waals surface area contributed by atoms with Crippen LogP contribution in [0.15, 0.2) is 74.3 Å². The number of hydrogen-bond donors (Lipinski definition) is 1. The summed E-state index contributed by atoms with van der Waals surface area (Å²) in [5, 5.41) is 5.39. The highest BCUT2D eigenvalue weighted by Gasteiger charge is 2.23. The van der Waals surface area contributed by atoms with Gasteiger partial charge in [0, 0.05) is 75.5 Å². The Kier molecular flexibility index (Phi) is 8.05. The number of benzene rings is 3. The predicted octanol–water partition coefficient (Wildman–Crippen LogP) is 4.40. The van der Waals surface area contributed by atoms with Crippen molar-refractivity contribution in [1.29, 1.82) is 0 Å². The maximum Gasteiger partial charge on any atom is 0.238 e. The van der Waals surface area contributed by atoms with E-state index >= 15 is 0 Å². The minimum atomic E-state index is -0.0983. The van der Waals surface area contributed by atoms with Gasteiger partial charge in [0.2, 0.25) is 5.91 Å². The summed E-state index contributed by atoms with van der Waals surface area (Å²) in [7, 11) is 1.72. The van der Waals surface area contributed by atoms with Crippen LogP contribution >= 0.6 is 0 Å². The van der Waals surface area contributed by atoms with Crippen LogP contribution in [0.5, 0.6) is 0 Å². The Bertz CT molecular complexity index is 1870. The third-order valence-corrected chi connectivity index (χ3v) is 8.60. The van der Waals surface area contributed by atoms with Gasteiger partial charge in [-0.05, 0) is 24.3 Å². The van der Waals surface area contributed by atoms with Crippen molar-refractivity contribution >= 4 is 50.4 Å². The normalized spacial score (nSPS) is 16.7. The topological polar surface area (TPSA) is 101 Å². The molecular formula is C34H36N4O6. The predicted molar refractivity (Wildman–Crippen MR) is 172 cm³/mol. The number of amides is 1. The van der Waals surface area contributed by atoms with Crippen LogP contribution in [-0.2, 0) is 14.3 Å². The molecule has 0 aliphatic carbocycles. The van der Waals surface area contributed by atoms with Gasteiger partial charge in [0.05, 0.1) is 42.8 Å². The Hall–Kier alpha value is -4.22. The van der Waals surface area contributed by atoms with Crippen molar-refractivity contribution in [1.82, 2.24) is 9.80 Å². The third kappa shape index (κ3) is 5.57. The van der Waals surface area contributed by atoms with Crippen LogP contribution in [0, 0.1) is 0 Å². The number of piperazine rings is 1. The van der Waals surface area contributed by atoms with Gasteiger partial charge in [0.1, 0.15) is 16.7 Å². The number of para-hydroxylation sites is 2. The van der Waals surface area contributed by atoms with Crippen molar-refractivity contribution in [2.75, 3.05) is 89.5 Å². The summed E-state index contributed by atoms with van der Waals surface area (Å²) in [6.45, 7) is 7.90. The van der Waals surface area contributed by atoms with Crippen molar-refractivity contribution in [2.24, 2.45) is 0 Å². The van der Waals surface area contributed by atoms with E-state index in [9.17, 15) is 9.59 Å². The lowest BCUT2D eigenvalue weighted by Gasteiger charge is -2.34. The van der Waals surface area contributed by atoms with E-state index < -0.39 is 0 Å². The van der Waals surface area contributed by atoms with Crippen LogP contribution in [0.25, 0.3) is 44.0 Å². The van der Waals surface area contributed by atoms with Gasteiger partial charge in [0.25, 0.3) is 0 Å². The number of fused-ring (bicyclic) bond motifs is 4. The lowest BCUT2D eigenvalue weighted by atomic mass is 9.99. The molecule has 0 spiro atoms. The van der Waals surface area contributed by atoms with E-state index in [0.717, 1.165) is 54.6 Å². The fourth-order valence-corrected chi connectivity index (χ4v) is 6.25. The summed E-state index contributed by atoms with van der Waals surface area (Å²) in [4.78, 5) is 33.1. The Morgan fingerprint density at radius 2 is 1.59 bits per heavy atom. The number of carbonyl (C=O) groups is 1. The molecule has 0 saturated carbocycles. The number of carbonyl (C=O) groups excluding carboxylic acids is 1. The molecule has 4 heterocycles. The van der Waals surface area contributed by atoms with Gasteiger partial charge in [-0.2, -0.15) is 0 Å². The minimum absolute atomic E-state index is 0.0685. The van der Waals surface area contributed by atoms with Gasteiger partial charge in [-0.1, -0.05) is 30.3 Å². The molecule has 1 amide bonds. The molecule has 2 aliphatic rings. The van der Waals surface area contributed by atoms with E-state index in [0.29, 0.717) is 73.2 Å². The fraction of sp³-hybridized carbons (Fsp3) is 0.353. The van der Waals surface area contributed by atoms with Gasteiger partial charge < -0.3 is 28.5 Å². The maximum atomic E-state index is 13.3. The lowest BCUT2D eigenvalue weighted by Crippen LogP contribution is -2.49. The van der Waals surface area contributed by atoms with Crippen molar-refractivity contribution in [3.05, 3.63) is 70.9 Å². The maximum absolute atomic E-state index is 13.3. The van der Waals surface area contributed by atoms with E-state index in [4.69, 9.17) is 18.3 Å². The summed E-state index contributed by atoms with van der Waals surface area (Å²) < 4.78 is 23.6. The molecule has 0 unspecified atom stereocenters. The highest BCUT2D eigenvalue weighted by Crippen LogP contribution is 2.42. The molecule has 0 radical (unpaired) electrons. The highest BCUT2D eigenvalue weighted by molar-refractivity contribution is 6.18. The Balaban J connectivity index is 1.24. The summed E-state index contributed by atoms with van der Waals surface area (Å²) in [6, 6.07) is 18.8. The number of nitrogens with one attached hydrogen (secondary N) is 1. The van der Waals surface area contributed by atoms with Gasteiger partial charge in [-0.25, -0.2) is 0 Å². The first-order valence-electron chi connectivity index (χ1n) is 15.2. The number of anilines is 2. The third-order valence-electron chi connectivity index (χ3n) is 8.60. The molecule has 0 atom stereocenters. The molecule has 44 heavy (non-hydrogen) atoms. The van der Waals surface area contributed by atoms with Crippen LogP contribution in [0.1, 0.15) is 0 Å². The van der Waals surface area contributed by atoms with Gasteiger partial charge >= 0.3 is 0 Å². The molecule has 1 N–H and O–H groups in total. The lowest BCUT2D eigenvalue weighted by molar-refractivity contribution is -0.117. The second-order valence-corrected chi connectivity index (χ2v) is 11.4. The number of rotatable bonds is 8. The second kappa shape index (κ2) is 12.4. The van der Waals surface area contributed by atoms with Gasteiger partial charge in [-0.3, -0.25) is 19.4 Å². The average Bonchev–Trinajstić information content (AvgIpc) is 3.45. The summed E-state index contributed by atoms with van der Waals surface area (Å²) in [6.07, 6.45) is 0. The largest absolute Gasteiger partial charge is 0.455 e. The molecule has 2 saturated heterocycles. The molecule has 228 valence electrons. The fourth-order valence-electron chi connectivity index (χ4n) is 6.25. The number of hydrogen-bond acceptors (Lipinski definition) is 9. The summed E-state index contributed by atoms with van der Waals surface area (Å²) >= 11 is 0. The first-order valence-corrected chi connectivity index (χ1v) is 15.2. The molecule has 2 aromatic heterocycles. The molecule has 3 aromatic carbocycles. The van der Waals surface area contributed by atoms with Crippen molar-refractivity contribution in [3.8, 4) is 11.1 Å². The Labute approximate surface area is 254 Å².